The second-order valence-electron chi connectivity index (χ2n) is 6.20. The minimum atomic E-state index is 0.488. The SMILES string of the molecule is Brc1ccc(-c2[nH]c(C3CC=CCC3)nc2-c2ccccc2)cc1. The molecule has 1 heterocycles. The van der Waals surface area contributed by atoms with Gasteiger partial charge in [-0.05, 0) is 31.4 Å². The zero-order valence-corrected chi connectivity index (χ0v) is 15.0. The molecule has 0 bridgehead atoms. The number of aromatic amines is 1. The maximum absolute atomic E-state index is 5.00. The Kier molecular flexibility index (Phi) is 4.35. The average Bonchev–Trinajstić information content (AvgIpc) is 3.09. The van der Waals surface area contributed by atoms with Crippen LogP contribution < -0.4 is 0 Å². The summed E-state index contributed by atoms with van der Waals surface area (Å²) in [6.07, 6.45) is 7.92. The van der Waals surface area contributed by atoms with Crippen LogP contribution in [0.15, 0.2) is 71.2 Å². The zero-order valence-electron chi connectivity index (χ0n) is 13.4. The van der Waals surface area contributed by atoms with Crippen molar-refractivity contribution >= 4 is 15.9 Å². The van der Waals surface area contributed by atoms with E-state index in [9.17, 15) is 0 Å². The molecule has 3 aromatic rings. The molecule has 0 saturated heterocycles. The molecule has 0 amide bonds. The van der Waals surface area contributed by atoms with Gasteiger partial charge >= 0.3 is 0 Å². The lowest BCUT2D eigenvalue weighted by atomic mass is 9.94. The van der Waals surface area contributed by atoms with Gasteiger partial charge in [-0.25, -0.2) is 4.98 Å². The molecule has 3 heteroatoms. The van der Waals surface area contributed by atoms with Gasteiger partial charge in [0.15, 0.2) is 0 Å². The van der Waals surface area contributed by atoms with Gasteiger partial charge in [0.2, 0.25) is 0 Å². The molecule has 0 spiro atoms. The molecule has 1 aliphatic carbocycles. The number of hydrogen-bond donors (Lipinski definition) is 1. The van der Waals surface area contributed by atoms with Crippen LogP contribution in [0.1, 0.15) is 31.0 Å². The highest BCUT2D eigenvalue weighted by Gasteiger charge is 2.20. The fraction of sp³-hybridized carbons (Fsp3) is 0.190. The van der Waals surface area contributed by atoms with E-state index in [1.54, 1.807) is 0 Å². The number of allylic oxidation sites excluding steroid dienone is 2. The standard InChI is InChI=1S/C21H19BrN2/c22-18-13-11-16(12-14-18)20-19(15-7-3-1-4-8-15)23-21(24-20)17-9-5-2-6-10-17/h1-5,7-8,11-14,17H,6,9-10H2,(H,23,24). The van der Waals surface area contributed by atoms with Crippen molar-refractivity contribution < 1.29 is 0 Å². The maximum Gasteiger partial charge on any atom is 0.110 e. The Morgan fingerprint density at radius 3 is 2.42 bits per heavy atom. The van der Waals surface area contributed by atoms with Crippen LogP contribution in [0, 0.1) is 0 Å². The Balaban J connectivity index is 1.82. The monoisotopic (exact) mass is 378 g/mol. The van der Waals surface area contributed by atoms with E-state index in [2.05, 4.69) is 81.6 Å². The lowest BCUT2D eigenvalue weighted by Gasteiger charge is -2.14. The lowest BCUT2D eigenvalue weighted by molar-refractivity contribution is 0.589. The van der Waals surface area contributed by atoms with Crippen molar-refractivity contribution in [3.05, 3.63) is 77.0 Å². The van der Waals surface area contributed by atoms with E-state index in [1.165, 1.54) is 5.56 Å². The second kappa shape index (κ2) is 6.78. The normalized spacial score (nSPS) is 17.1. The molecule has 1 aliphatic rings. The van der Waals surface area contributed by atoms with Gasteiger partial charge < -0.3 is 4.98 Å². The molecule has 0 fully saturated rings. The first-order chi connectivity index (χ1) is 11.8. The van der Waals surface area contributed by atoms with Gasteiger partial charge in [-0.2, -0.15) is 0 Å². The van der Waals surface area contributed by atoms with Crippen LogP contribution >= 0.6 is 15.9 Å². The topological polar surface area (TPSA) is 28.7 Å². The smallest absolute Gasteiger partial charge is 0.110 e. The third-order valence-corrected chi connectivity index (χ3v) is 5.09. The van der Waals surface area contributed by atoms with Gasteiger partial charge in [-0.3, -0.25) is 0 Å². The molecule has 120 valence electrons. The Morgan fingerprint density at radius 1 is 0.917 bits per heavy atom. The van der Waals surface area contributed by atoms with E-state index in [4.69, 9.17) is 4.98 Å². The Bertz CT molecular complexity index is 847. The first kappa shape index (κ1) is 15.4. The molecule has 1 atom stereocenters. The van der Waals surface area contributed by atoms with Crippen molar-refractivity contribution in [2.75, 3.05) is 0 Å². The number of nitrogens with zero attached hydrogens (tertiary/aromatic N) is 1. The summed E-state index contributed by atoms with van der Waals surface area (Å²) >= 11 is 3.52. The summed E-state index contributed by atoms with van der Waals surface area (Å²) in [5.74, 6) is 1.60. The van der Waals surface area contributed by atoms with E-state index >= 15 is 0 Å². The second-order valence-corrected chi connectivity index (χ2v) is 7.12. The predicted octanol–water partition coefficient (Wildman–Crippen LogP) is 6.33. The van der Waals surface area contributed by atoms with Gasteiger partial charge in [0.1, 0.15) is 5.82 Å². The minimum Gasteiger partial charge on any atom is -0.341 e. The quantitative estimate of drug-likeness (QED) is 0.529. The van der Waals surface area contributed by atoms with Crippen LogP contribution in [-0.2, 0) is 0 Å². The number of rotatable bonds is 3. The molecule has 2 aromatic carbocycles. The summed E-state index contributed by atoms with van der Waals surface area (Å²) in [6, 6.07) is 18.9. The van der Waals surface area contributed by atoms with Gasteiger partial charge in [-0.1, -0.05) is 70.5 Å². The van der Waals surface area contributed by atoms with Crippen molar-refractivity contribution in [3.63, 3.8) is 0 Å². The van der Waals surface area contributed by atoms with Gasteiger partial charge in [0, 0.05) is 21.5 Å². The first-order valence-corrected chi connectivity index (χ1v) is 9.17. The minimum absolute atomic E-state index is 0.488. The van der Waals surface area contributed by atoms with E-state index in [-0.39, 0.29) is 0 Å². The molecule has 24 heavy (non-hydrogen) atoms. The predicted molar refractivity (Wildman–Crippen MR) is 103 cm³/mol. The summed E-state index contributed by atoms with van der Waals surface area (Å²) in [5.41, 5.74) is 4.48. The third-order valence-electron chi connectivity index (χ3n) is 4.56. The van der Waals surface area contributed by atoms with E-state index in [0.29, 0.717) is 5.92 Å². The molecule has 1 unspecified atom stereocenters. The summed E-state index contributed by atoms with van der Waals surface area (Å²) in [5, 5.41) is 0. The number of benzene rings is 2. The molecular formula is C21H19BrN2. The number of H-pyrrole nitrogens is 1. The van der Waals surface area contributed by atoms with E-state index in [1.807, 2.05) is 6.07 Å². The third kappa shape index (κ3) is 3.09. The first-order valence-electron chi connectivity index (χ1n) is 8.37. The summed E-state index contributed by atoms with van der Waals surface area (Å²) < 4.78 is 1.09. The summed E-state index contributed by atoms with van der Waals surface area (Å²) in [6.45, 7) is 0. The molecule has 0 aliphatic heterocycles. The van der Waals surface area contributed by atoms with E-state index < -0.39 is 0 Å². The average molecular weight is 379 g/mol. The molecule has 1 N–H and O–H groups in total. The lowest BCUT2D eigenvalue weighted by Crippen LogP contribution is -2.02. The van der Waals surface area contributed by atoms with E-state index in [0.717, 1.165) is 46.5 Å². The number of nitrogens with one attached hydrogen (secondary N) is 1. The fourth-order valence-electron chi connectivity index (χ4n) is 3.26. The maximum atomic E-state index is 5.00. The van der Waals surface area contributed by atoms with Crippen LogP contribution in [-0.4, -0.2) is 9.97 Å². The summed E-state index contributed by atoms with van der Waals surface area (Å²) in [7, 11) is 0. The van der Waals surface area contributed by atoms with Crippen molar-refractivity contribution in [2.45, 2.75) is 25.2 Å². The van der Waals surface area contributed by atoms with Crippen LogP contribution in [0.5, 0.6) is 0 Å². The highest BCUT2D eigenvalue weighted by Crippen LogP contribution is 2.35. The molecular weight excluding hydrogens is 360 g/mol. The van der Waals surface area contributed by atoms with Crippen molar-refractivity contribution in [1.29, 1.82) is 0 Å². The largest absolute Gasteiger partial charge is 0.341 e. The summed E-state index contributed by atoms with van der Waals surface area (Å²) in [4.78, 5) is 8.63. The highest BCUT2D eigenvalue weighted by molar-refractivity contribution is 9.10. The van der Waals surface area contributed by atoms with Crippen LogP contribution in [0.2, 0.25) is 0 Å². The van der Waals surface area contributed by atoms with Gasteiger partial charge in [0.25, 0.3) is 0 Å². The van der Waals surface area contributed by atoms with Gasteiger partial charge in [-0.15, -0.1) is 0 Å². The fourth-order valence-corrected chi connectivity index (χ4v) is 3.52. The number of aromatic nitrogens is 2. The van der Waals surface area contributed by atoms with Crippen LogP contribution in [0.25, 0.3) is 22.5 Å². The molecule has 1 aromatic heterocycles. The van der Waals surface area contributed by atoms with Crippen molar-refractivity contribution in [1.82, 2.24) is 9.97 Å². The number of halogens is 1. The Labute approximate surface area is 150 Å². The highest BCUT2D eigenvalue weighted by atomic mass is 79.9. The van der Waals surface area contributed by atoms with Crippen molar-refractivity contribution in [2.24, 2.45) is 0 Å². The molecule has 0 radical (unpaired) electrons. The Morgan fingerprint density at radius 2 is 1.71 bits per heavy atom. The molecule has 0 saturated carbocycles. The molecule has 2 nitrogen and oxygen atoms in total. The van der Waals surface area contributed by atoms with Crippen molar-refractivity contribution in [3.8, 4) is 22.5 Å². The van der Waals surface area contributed by atoms with Crippen LogP contribution in [0.4, 0.5) is 0 Å². The Hall–Kier alpha value is -2.13. The number of hydrogen-bond acceptors (Lipinski definition) is 1. The molecule has 4 rings (SSSR count). The number of imidazole rings is 1. The van der Waals surface area contributed by atoms with Gasteiger partial charge in [0.05, 0.1) is 11.4 Å². The zero-order chi connectivity index (χ0) is 16.4. The van der Waals surface area contributed by atoms with Crippen LogP contribution in [0.3, 0.4) is 0 Å².